The highest BCUT2D eigenvalue weighted by atomic mass is 16.5. The third-order valence-corrected chi connectivity index (χ3v) is 4.28. The number of nitrogens with zero attached hydrogens (tertiary/aromatic N) is 1. The standard InChI is InChI=1S/C22H20N2O5/c1-14-23-18(16-11-7-4-8-12-16)20(29-14)21(26)24-17(19(25)22(27)28-2)13-15-9-5-3-6-10-15/h3-12,17H,13H2,1-2H3,(H,24,26). The molecule has 0 bridgehead atoms. The number of methoxy groups -OCH3 is 1. The minimum atomic E-state index is -1.11. The lowest BCUT2D eigenvalue weighted by Gasteiger charge is -2.16. The molecular weight excluding hydrogens is 372 g/mol. The first-order chi connectivity index (χ1) is 14.0. The number of benzene rings is 2. The summed E-state index contributed by atoms with van der Waals surface area (Å²) in [7, 11) is 1.12. The normalized spacial score (nSPS) is 11.5. The van der Waals surface area contributed by atoms with Crippen molar-refractivity contribution in [1.29, 1.82) is 0 Å². The number of ether oxygens (including phenoxy) is 1. The molecule has 0 aliphatic carbocycles. The summed E-state index contributed by atoms with van der Waals surface area (Å²) >= 11 is 0. The van der Waals surface area contributed by atoms with Crippen LogP contribution >= 0.6 is 0 Å². The highest BCUT2D eigenvalue weighted by molar-refractivity contribution is 6.36. The molecule has 1 N–H and O–H groups in total. The SMILES string of the molecule is COC(=O)C(=O)C(Cc1ccccc1)NC(=O)c1oc(C)nc1-c1ccccc1. The van der Waals surface area contributed by atoms with E-state index in [0.717, 1.165) is 12.7 Å². The number of hydrogen-bond acceptors (Lipinski definition) is 6. The van der Waals surface area contributed by atoms with E-state index in [4.69, 9.17) is 4.42 Å². The molecule has 1 atom stereocenters. The molecule has 1 aromatic heterocycles. The van der Waals surface area contributed by atoms with Crippen LogP contribution in [0, 0.1) is 6.92 Å². The number of Topliss-reactive ketones (excluding diaryl/α,β-unsaturated/α-hetero) is 1. The summed E-state index contributed by atoms with van der Waals surface area (Å²) in [6.45, 7) is 1.63. The molecule has 0 fully saturated rings. The van der Waals surface area contributed by atoms with Crippen LogP contribution in [0.15, 0.2) is 65.1 Å². The van der Waals surface area contributed by atoms with Gasteiger partial charge in [0.25, 0.3) is 11.7 Å². The van der Waals surface area contributed by atoms with Crippen molar-refractivity contribution in [2.75, 3.05) is 7.11 Å². The predicted molar refractivity (Wildman–Crippen MR) is 105 cm³/mol. The summed E-state index contributed by atoms with van der Waals surface area (Å²) in [6, 6.07) is 17.0. The van der Waals surface area contributed by atoms with Crippen molar-refractivity contribution in [3.8, 4) is 11.3 Å². The minimum Gasteiger partial charge on any atom is -0.463 e. The van der Waals surface area contributed by atoms with Crippen molar-refractivity contribution in [3.05, 3.63) is 77.9 Å². The number of rotatable bonds is 7. The van der Waals surface area contributed by atoms with Crippen molar-refractivity contribution in [1.82, 2.24) is 10.3 Å². The molecule has 0 saturated heterocycles. The number of ketones is 1. The summed E-state index contributed by atoms with van der Waals surface area (Å²) in [6.07, 6.45) is 0.133. The number of hydrogen-bond donors (Lipinski definition) is 1. The van der Waals surface area contributed by atoms with E-state index in [9.17, 15) is 14.4 Å². The molecule has 0 spiro atoms. The quantitative estimate of drug-likeness (QED) is 0.490. The predicted octanol–water partition coefficient (Wildman–Crippen LogP) is 2.73. The lowest BCUT2D eigenvalue weighted by atomic mass is 10.0. The molecule has 1 heterocycles. The van der Waals surface area contributed by atoms with Crippen LogP contribution in [0.2, 0.25) is 0 Å². The van der Waals surface area contributed by atoms with Gasteiger partial charge in [0.2, 0.25) is 5.76 Å². The van der Waals surface area contributed by atoms with Crippen LogP contribution in [0.25, 0.3) is 11.3 Å². The van der Waals surface area contributed by atoms with E-state index < -0.39 is 23.7 Å². The van der Waals surface area contributed by atoms with Gasteiger partial charge in [-0.25, -0.2) is 9.78 Å². The largest absolute Gasteiger partial charge is 0.463 e. The molecule has 1 unspecified atom stereocenters. The maximum absolute atomic E-state index is 12.9. The first-order valence-electron chi connectivity index (χ1n) is 8.99. The Kier molecular flexibility index (Phi) is 6.19. The van der Waals surface area contributed by atoms with E-state index >= 15 is 0 Å². The van der Waals surface area contributed by atoms with Gasteiger partial charge in [-0.05, 0) is 5.56 Å². The van der Waals surface area contributed by atoms with Gasteiger partial charge in [-0.15, -0.1) is 0 Å². The first kappa shape index (κ1) is 20.0. The summed E-state index contributed by atoms with van der Waals surface area (Å²) in [5.74, 6) is -2.22. The van der Waals surface area contributed by atoms with Gasteiger partial charge < -0.3 is 14.5 Å². The summed E-state index contributed by atoms with van der Waals surface area (Å²) in [5.41, 5.74) is 1.85. The second-order valence-electron chi connectivity index (χ2n) is 6.35. The number of carbonyl (C=O) groups is 3. The zero-order valence-corrected chi connectivity index (χ0v) is 16.0. The maximum atomic E-state index is 12.9. The van der Waals surface area contributed by atoms with Gasteiger partial charge in [-0.1, -0.05) is 60.7 Å². The van der Waals surface area contributed by atoms with E-state index in [1.165, 1.54) is 0 Å². The molecule has 0 aliphatic rings. The van der Waals surface area contributed by atoms with E-state index in [1.54, 1.807) is 31.2 Å². The second kappa shape index (κ2) is 8.97. The number of aryl methyl sites for hydroxylation is 1. The summed E-state index contributed by atoms with van der Waals surface area (Å²) in [5, 5.41) is 2.60. The van der Waals surface area contributed by atoms with Crippen LogP contribution in [-0.2, 0) is 20.7 Å². The summed E-state index contributed by atoms with van der Waals surface area (Å²) < 4.78 is 10.0. The average molecular weight is 392 g/mol. The Morgan fingerprint density at radius 2 is 1.66 bits per heavy atom. The Bertz CT molecular complexity index is 1010. The molecule has 1 amide bonds. The van der Waals surface area contributed by atoms with Crippen molar-refractivity contribution in [3.63, 3.8) is 0 Å². The van der Waals surface area contributed by atoms with Crippen molar-refractivity contribution in [2.45, 2.75) is 19.4 Å². The molecule has 7 nitrogen and oxygen atoms in total. The van der Waals surface area contributed by atoms with Gasteiger partial charge in [0.1, 0.15) is 11.7 Å². The molecule has 29 heavy (non-hydrogen) atoms. The van der Waals surface area contributed by atoms with E-state index in [0.29, 0.717) is 17.1 Å². The van der Waals surface area contributed by atoms with Crippen molar-refractivity contribution in [2.24, 2.45) is 0 Å². The molecule has 0 saturated carbocycles. The smallest absolute Gasteiger partial charge is 0.376 e. The van der Waals surface area contributed by atoms with E-state index in [1.807, 2.05) is 36.4 Å². The fourth-order valence-electron chi connectivity index (χ4n) is 2.90. The fraction of sp³-hybridized carbons (Fsp3) is 0.182. The highest BCUT2D eigenvalue weighted by Gasteiger charge is 2.30. The lowest BCUT2D eigenvalue weighted by Crippen LogP contribution is -2.45. The van der Waals surface area contributed by atoms with Gasteiger partial charge in [-0.3, -0.25) is 9.59 Å². The molecular formula is C22H20N2O5. The van der Waals surface area contributed by atoms with E-state index in [2.05, 4.69) is 15.0 Å². The molecule has 3 aromatic rings. The van der Waals surface area contributed by atoms with Crippen LogP contribution in [0.3, 0.4) is 0 Å². The number of esters is 1. The average Bonchev–Trinajstić information content (AvgIpc) is 3.15. The van der Waals surface area contributed by atoms with Crippen molar-refractivity contribution < 1.29 is 23.5 Å². The van der Waals surface area contributed by atoms with E-state index in [-0.39, 0.29) is 12.2 Å². The van der Waals surface area contributed by atoms with Gasteiger partial charge in [0.05, 0.1) is 7.11 Å². The zero-order valence-electron chi connectivity index (χ0n) is 16.0. The first-order valence-corrected chi connectivity index (χ1v) is 8.99. The van der Waals surface area contributed by atoms with Crippen LogP contribution < -0.4 is 5.32 Å². The molecule has 0 radical (unpaired) electrons. The minimum absolute atomic E-state index is 0.0237. The van der Waals surface area contributed by atoms with Crippen molar-refractivity contribution >= 4 is 17.7 Å². The Morgan fingerprint density at radius 3 is 2.28 bits per heavy atom. The fourth-order valence-corrected chi connectivity index (χ4v) is 2.90. The highest BCUT2D eigenvalue weighted by Crippen LogP contribution is 2.24. The molecule has 0 aliphatic heterocycles. The topological polar surface area (TPSA) is 98.5 Å². The molecule has 148 valence electrons. The van der Waals surface area contributed by atoms with Crippen LogP contribution in [0.1, 0.15) is 22.0 Å². The lowest BCUT2D eigenvalue weighted by molar-refractivity contribution is -0.152. The van der Waals surface area contributed by atoms with Gasteiger partial charge in [0.15, 0.2) is 5.89 Å². The molecule has 2 aromatic carbocycles. The number of carbonyl (C=O) groups excluding carboxylic acids is 3. The van der Waals surface area contributed by atoms with Gasteiger partial charge in [-0.2, -0.15) is 0 Å². The summed E-state index contributed by atoms with van der Waals surface area (Å²) in [4.78, 5) is 41.5. The molecule has 3 rings (SSSR count). The van der Waals surface area contributed by atoms with Crippen LogP contribution in [-0.4, -0.2) is 35.8 Å². The van der Waals surface area contributed by atoms with Crippen LogP contribution in [0.5, 0.6) is 0 Å². The number of aromatic nitrogens is 1. The number of oxazole rings is 1. The second-order valence-corrected chi connectivity index (χ2v) is 6.35. The zero-order chi connectivity index (χ0) is 20.8. The number of nitrogens with one attached hydrogen (secondary N) is 1. The third-order valence-electron chi connectivity index (χ3n) is 4.28. The maximum Gasteiger partial charge on any atom is 0.376 e. The van der Waals surface area contributed by atoms with Gasteiger partial charge >= 0.3 is 5.97 Å². The third kappa shape index (κ3) is 4.76. The Labute approximate surface area is 167 Å². The Balaban J connectivity index is 1.89. The van der Waals surface area contributed by atoms with Crippen LogP contribution in [0.4, 0.5) is 0 Å². The Morgan fingerprint density at radius 1 is 1.03 bits per heavy atom. The molecule has 7 heteroatoms. The van der Waals surface area contributed by atoms with Gasteiger partial charge in [0, 0.05) is 18.9 Å². The Hall–Kier alpha value is -3.74. The monoisotopic (exact) mass is 392 g/mol. The number of amides is 1.